The molecule has 0 spiro atoms. The molecule has 0 amide bonds. The summed E-state index contributed by atoms with van der Waals surface area (Å²) >= 11 is 0. The van der Waals surface area contributed by atoms with Crippen LogP contribution in [0, 0.1) is 23.7 Å². The van der Waals surface area contributed by atoms with Crippen LogP contribution in [0.4, 0.5) is 0 Å². The molecule has 0 unspecified atom stereocenters. The highest BCUT2D eigenvalue weighted by Crippen LogP contribution is 2.20. The summed E-state index contributed by atoms with van der Waals surface area (Å²) in [5, 5.41) is 0. The molecule has 0 saturated heterocycles. The van der Waals surface area contributed by atoms with Gasteiger partial charge in [0.1, 0.15) is 0 Å². The summed E-state index contributed by atoms with van der Waals surface area (Å²) in [6.07, 6.45) is 0. The van der Waals surface area contributed by atoms with Gasteiger partial charge in [0.15, 0.2) is 0 Å². The van der Waals surface area contributed by atoms with Gasteiger partial charge in [-0.2, -0.15) is 0 Å². The zero-order valence-electron chi connectivity index (χ0n) is 23.1. The Hall–Kier alpha value is -2.00. The van der Waals surface area contributed by atoms with Crippen LogP contribution < -0.4 is 0 Å². The Balaban J connectivity index is 0.000000462. The third-order valence-electron chi connectivity index (χ3n) is 5.17. The molecule has 0 atom stereocenters. The third-order valence-corrected chi connectivity index (χ3v) is 5.17. The van der Waals surface area contributed by atoms with Crippen molar-refractivity contribution in [3.05, 3.63) is 70.8 Å². The topological polar surface area (TPSA) is 0 Å². The fourth-order valence-corrected chi connectivity index (χ4v) is 2.88. The first-order valence-electron chi connectivity index (χ1n) is 12.6. The first-order chi connectivity index (χ1) is 14.8. The van der Waals surface area contributed by atoms with Gasteiger partial charge in [0.05, 0.1) is 0 Å². The quantitative estimate of drug-likeness (QED) is 0.420. The smallest absolute Gasteiger partial charge is 0.0146 e. The van der Waals surface area contributed by atoms with Crippen LogP contribution in [0.3, 0.4) is 0 Å². The number of hydrogen-bond acceptors (Lipinski definition) is 0. The third kappa shape index (κ3) is 13.4. The first kappa shape index (κ1) is 30.0. The van der Waals surface area contributed by atoms with E-state index in [1.54, 1.807) is 0 Å². The molecule has 0 heterocycles. The molecule has 0 fully saturated rings. The number of hydrogen-bond donors (Lipinski definition) is 0. The molecule has 178 valence electrons. The van der Waals surface area contributed by atoms with Crippen molar-refractivity contribution < 1.29 is 0 Å². The Labute approximate surface area is 201 Å². The van der Waals surface area contributed by atoms with Gasteiger partial charge in [-0.1, -0.05) is 132 Å². The molecule has 0 bridgehead atoms. The second-order valence-electron chi connectivity index (χ2n) is 10.6. The monoisotopic (exact) mass is 434 g/mol. The number of benzene rings is 2. The van der Waals surface area contributed by atoms with Gasteiger partial charge in [0.2, 0.25) is 0 Å². The minimum atomic E-state index is 0.525. The molecule has 2 aromatic rings. The van der Waals surface area contributed by atoms with Crippen molar-refractivity contribution in [1.29, 1.82) is 0 Å². The van der Waals surface area contributed by atoms with E-state index in [4.69, 9.17) is 0 Å². The Kier molecular flexibility index (Phi) is 14.8. The molecule has 32 heavy (non-hydrogen) atoms. The highest BCUT2D eigenvalue weighted by molar-refractivity contribution is 5.28. The lowest BCUT2D eigenvalue weighted by Crippen LogP contribution is -1.91. The van der Waals surface area contributed by atoms with E-state index in [0.29, 0.717) is 35.5 Å². The summed E-state index contributed by atoms with van der Waals surface area (Å²) in [7, 11) is 0. The first-order valence-corrected chi connectivity index (χ1v) is 12.6. The molecule has 2 aromatic carbocycles. The van der Waals surface area contributed by atoms with Gasteiger partial charge in [-0.25, -0.2) is 0 Å². The maximum Gasteiger partial charge on any atom is 0.0146 e. The Morgan fingerprint density at radius 1 is 0.406 bits per heavy atom. The molecule has 0 radical (unpaired) electrons. The van der Waals surface area contributed by atoms with Crippen molar-refractivity contribution in [2.45, 2.75) is 107 Å². The Morgan fingerprint density at radius 2 is 0.688 bits per heavy atom. The second kappa shape index (κ2) is 15.7. The van der Waals surface area contributed by atoms with Crippen molar-refractivity contribution in [3.8, 4) is 11.8 Å². The Morgan fingerprint density at radius 3 is 0.906 bits per heavy atom. The van der Waals surface area contributed by atoms with E-state index in [-0.39, 0.29) is 0 Å². The molecule has 2 rings (SSSR count). The van der Waals surface area contributed by atoms with Gasteiger partial charge in [0.25, 0.3) is 0 Å². The van der Waals surface area contributed by atoms with Crippen LogP contribution in [0.5, 0.6) is 0 Å². The maximum absolute atomic E-state index is 3.09. The molecular weight excluding hydrogens is 384 g/mol. The predicted octanol–water partition coefficient (Wildman–Crippen LogP) is 10.2. The average molecular weight is 435 g/mol. The lowest BCUT2D eigenvalue weighted by Gasteiger charge is -2.09. The van der Waals surface area contributed by atoms with Crippen molar-refractivity contribution in [3.63, 3.8) is 0 Å². The molecule has 0 aliphatic heterocycles. The van der Waals surface area contributed by atoms with Crippen LogP contribution in [-0.2, 0) is 0 Å². The van der Waals surface area contributed by atoms with Gasteiger partial charge in [-0.15, -0.1) is 11.8 Å². The minimum absolute atomic E-state index is 0.525. The zero-order valence-corrected chi connectivity index (χ0v) is 23.1. The van der Waals surface area contributed by atoms with E-state index >= 15 is 0 Å². The van der Waals surface area contributed by atoms with E-state index in [0.717, 1.165) is 0 Å². The summed E-state index contributed by atoms with van der Waals surface area (Å²) in [6.45, 7) is 26.3. The second-order valence-corrected chi connectivity index (χ2v) is 10.6. The van der Waals surface area contributed by atoms with Crippen LogP contribution in [-0.4, -0.2) is 0 Å². The van der Waals surface area contributed by atoms with Gasteiger partial charge in [-0.05, 0) is 45.9 Å². The van der Waals surface area contributed by atoms with Crippen LogP contribution in [0.15, 0.2) is 48.5 Å². The summed E-state index contributed by atoms with van der Waals surface area (Å²) < 4.78 is 0. The maximum atomic E-state index is 3.09. The van der Waals surface area contributed by atoms with Crippen LogP contribution in [0.2, 0.25) is 0 Å². The van der Waals surface area contributed by atoms with E-state index in [1.807, 2.05) is 0 Å². The number of rotatable bonds is 4. The van der Waals surface area contributed by atoms with E-state index in [9.17, 15) is 0 Å². The van der Waals surface area contributed by atoms with E-state index < -0.39 is 0 Å². The van der Waals surface area contributed by atoms with E-state index in [2.05, 4.69) is 143 Å². The standard InChI is InChI=1S/2C12H18.C8H14/c1-9(2)11-5-7-12(8-6-11)10(3)4;1-9(2)11-6-5-7-12(8-11)10(3)4;1-7(2)5-6-8(3)4/h2*5-10H,1-4H3;7-8H,1-4H3. The van der Waals surface area contributed by atoms with Gasteiger partial charge in [-0.3, -0.25) is 0 Å². The lowest BCUT2D eigenvalue weighted by atomic mass is 9.96. The van der Waals surface area contributed by atoms with Crippen molar-refractivity contribution in [2.75, 3.05) is 0 Å². The van der Waals surface area contributed by atoms with Gasteiger partial charge >= 0.3 is 0 Å². The lowest BCUT2D eigenvalue weighted by molar-refractivity contribution is 0.833. The molecular formula is C32H50. The van der Waals surface area contributed by atoms with Crippen molar-refractivity contribution in [2.24, 2.45) is 11.8 Å². The molecule has 0 aromatic heterocycles. The fraction of sp³-hybridized carbons (Fsp3) is 0.562. The summed E-state index contributed by atoms with van der Waals surface area (Å²) in [6, 6.07) is 17.8. The fourth-order valence-electron chi connectivity index (χ4n) is 2.88. The van der Waals surface area contributed by atoms with Crippen LogP contribution >= 0.6 is 0 Å². The largest absolute Gasteiger partial charge is 0.100 e. The minimum Gasteiger partial charge on any atom is -0.100 e. The van der Waals surface area contributed by atoms with Crippen molar-refractivity contribution in [1.82, 2.24) is 0 Å². The highest BCUT2D eigenvalue weighted by Gasteiger charge is 2.02. The van der Waals surface area contributed by atoms with Crippen LogP contribution in [0.25, 0.3) is 0 Å². The van der Waals surface area contributed by atoms with Crippen molar-refractivity contribution >= 4 is 0 Å². The normalized spacial score (nSPS) is 10.7. The molecule has 0 aliphatic carbocycles. The molecule has 0 N–H and O–H groups in total. The highest BCUT2D eigenvalue weighted by atomic mass is 14.1. The Bertz CT molecular complexity index is 728. The van der Waals surface area contributed by atoms with Gasteiger partial charge < -0.3 is 0 Å². The molecule has 0 saturated carbocycles. The molecule has 0 aliphatic rings. The molecule has 0 nitrogen and oxygen atoms in total. The summed E-state index contributed by atoms with van der Waals surface area (Å²) in [4.78, 5) is 0. The summed E-state index contributed by atoms with van der Waals surface area (Å²) in [5.41, 5.74) is 5.75. The molecule has 0 heteroatoms. The van der Waals surface area contributed by atoms with Gasteiger partial charge in [0, 0.05) is 11.8 Å². The summed E-state index contributed by atoms with van der Waals surface area (Å²) in [5.74, 6) is 9.81. The van der Waals surface area contributed by atoms with E-state index in [1.165, 1.54) is 22.3 Å². The average Bonchev–Trinajstić information content (AvgIpc) is 2.73. The van der Waals surface area contributed by atoms with Crippen LogP contribution in [0.1, 0.15) is 129 Å². The SMILES string of the molecule is CC(C)C#CC(C)C.CC(C)c1ccc(C(C)C)cc1.CC(C)c1cccc(C(C)C)c1. The zero-order chi connectivity index (χ0) is 24.8. The predicted molar refractivity (Wildman–Crippen MR) is 147 cm³/mol.